The largest absolute Gasteiger partial charge is 0.350 e. The zero-order valence-electron chi connectivity index (χ0n) is 16.6. The standard InChI is InChI=1S/C21H17ClN6O4/c22-16-6-4-14(5-7-16)12-26-13-24-19-18(21(26)30)11-25-27(19)9-8-23-20(29)15-2-1-3-17(10-15)28(31)32/h1-7,10-11,13H,8-9,12H2,(H,23,29). The normalized spacial score (nSPS) is 10.9. The molecule has 0 aliphatic rings. The number of rotatable bonds is 7. The number of fused-ring (bicyclic) bond motifs is 1. The van der Waals surface area contributed by atoms with Gasteiger partial charge in [-0.3, -0.25) is 24.3 Å². The van der Waals surface area contributed by atoms with Crippen molar-refractivity contribution >= 4 is 34.2 Å². The van der Waals surface area contributed by atoms with Crippen molar-refractivity contribution in [1.82, 2.24) is 24.6 Å². The highest BCUT2D eigenvalue weighted by molar-refractivity contribution is 6.30. The summed E-state index contributed by atoms with van der Waals surface area (Å²) in [5.74, 6) is -0.441. The quantitative estimate of drug-likeness (QED) is 0.339. The number of carbonyl (C=O) groups excluding carboxylic acids is 1. The number of amides is 1. The minimum Gasteiger partial charge on any atom is -0.350 e. The first-order chi connectivity index (χ1) is 15.4. The molecule has 4 aromatic rings. The van der Waals surface area contributed by atoms with Crippen LogP contribution in [-0.4, -0.2) is 36.7 Å². The lowest BCUT2D eigenvalue weighted by atomic mass is 10.2. The smallest absolute Gasteiger partial charge is 0.270 e. The average molecular weight is 453 g/mol. The lowest BCUT2D eigenvalue weighted by Gasteiger charge is -2.08. The predicted octanol–water partition coefficient (Wildman–Crippen LogP) is 2.63. The van der Waals surface area contributed by atoms with E-state index in [2.05, 4.69) is 15.4 Å². The second-order valence-electron chi connectivity index (χ2n) is 6.97. The molecule has 0 aliphatic carbocycles. The third-order valence-corrected chi connectivity index (χ3v) is 5.07. The monoisotopic (exact) mass is 452 g/mol. The number of nitro benzene ring substituents is 1. The molecule has 0 radical (unpaired) electrons. The summed E-state index contributed by atoms with van der Waals surface area (Å²) in [6, 6.07) is 12.7. The molecule has 0 unspecified atom stereocenters. The highest BCUT2D eigenvalue weighted by atomic mass is 35.5. The van der Waals surface area contributed by atoms with E-state index in [4.69, 9.17) is 11.6 Å². The Morgan fingerprint density at radius 2 is 1.97 bits per heavy atom. The summed E-state index contributed by atoms with van der Waals surface area (Å²) >= 11 is 5.90. The maximum Gasteiger partial charge on any atom is 0.270 e. The van der Waals surface area contributed by atoms with Crippen molar-refractivity contribution in [3.05, 3.63) is 97.7 Å². The van der Waals surface area contributed by atoms with Crippen LogP contribution in [0.3, 0.4) is 0 Å². The summed E-state index contributed by atoms with van der Waals surface area (Å²) in [6.45, 7) is 0.828. The molecule has 1 amide bonds. The van der Waals surface area contributed by atoms with Gasteiger partial charge in [0.2, 0.25) is 0 Å². The van der Waals surface area contributed by atoms with Crippen LogP contribution in [0.5, 0.6) is 0 Å². The van der Waals surface area contributed by atoms with Gasteiger partial charge in [0.1, 0.15) is 11.7 Å². The van der Waals surface area contributed by atoms with Gasteiger partial charge in [-0.25, -0.2) is 9.67 Å². The van der Waals surface area contributed by atoms with E-state index in [0.717, 1.165) is 5.56 Å². The second kappa shape index (κ2) is 8.98. The minimum absolute atomic E-state index is 0.158. The van der Waals surface area contributed by atoms with Crippen molar-refractivity contribution in [2.75, 3.05) is 6.54 Å². The number of halogens is 1. The summed E-state index contributed by atoms with van der Waals surface area (Å²) in [6.07, 6.45) is 2.91. The average Bonchev–Trinajstić information content (AvgIpc) is 3.21. The molecule has 2 aromatic carbocycles. The van der Waals surface area contributed by atoms with Gasteiger partial charge in [-0.15, -0.1) is 0 Å². The summed E-state index contributed by atoms with van der Waals surface area (Å²) in [5.41, 5.74) is 1.13. The van der Waals surface area contributed by atoms with Crippen molar-refractivity contribution in [3.8, 4) is 0 Å². The van der Waals surface area contributed by atoms with E-state index >= 15 is 0 Å². The molecule has 1 N–H and O–H groups in total. The van der Waals surface area contributed by atoms with Crippen molar-refractivity contribution in [3.63, 3.8) is 0 Å². The highest BCUT2D eigenvalue weighted by Gasteiger charge is 2.13. The summed E-state index contributed by atoms with van der Waals surface area (Å²) in [4.78, 5) is 39.7. The van der Waals surface area contributed by atoms with Crippen LogP contribution in [0.4, 0.5) is 5.69 Å². The molecule has 0 aliphatic heterocycles. The molecule has 0 atom stereocenters. The Morgan fingerprint density at radius 1 is 1.19 bits per heavy atom. The molecule has 0 fully saturated rings. The molecule has 32 heavy (non-hydrogen) atoms. The molecule has 0 saturated carbocycles. The molecular weight excluding hydrogens is 436 g/mol. The first kappa shape index (κ1) is 21.2. The van der Waals surface area contributed by atoms with Gasteiger partial charge in [0.25, 0.3) is 17.2 Å². The van der Waals surface area contributed by atoms with E-state index in [-0.39, 0.29) is 29.9 Å². The number of hydrogen-bond donors (Lipinski definition) is 1. The molecule has 162 valence electrons. The Morgan fingerprint density at radius 3 is 2.72 bits per heavy atom. The van der Waals surface area contributed by atoms with Gasteiger partial charge < -0.3 is 5.32 Å². The molecule has 0 saturated heterocycles. The third-order valence-electron chi connectivity index (χ3n) is 4.82. The number of nitrogens with zero attached hydrogens (tertiary/aromatic N) is 5. The van der Waals surface area contributed by atoms with E-state index < -0.39 is 10.8 Å². The van der Waals surface area contributed by atoms with Gasteiger partial charge in [0.15, 0.2) is 5.65 Å². The fraction of sp³-hybridized carbons (Fsp3) is 0.143. The molecule has 0 bridgehead atoms. The fourth-order valence-electron chi connectivity index (χ4n) is 3.20. The SMILES string of the molecule is O=C(NCCn1ncc2c(=O)n(Cc3ccc(Cl)cc3)cnc21)c1cccc([N+](=O)[O-])c1. The maximum atomic E-state index is 12.8. The zero-order chi connectivity index (χ0) is 22.7. The van der Waals surface area contributed by atoms with Gasteiger partial charge in [-0.05, 0) is 23.8 Å². The van der Waals surface area contributed by atoms with Crippen LogP contribution in [-0.2, 0) is 13.1 Å². The zero-order valence-corrected chi connectivity index (χ0v) is 17.4. The lowest BCUT2D eigenvalue weighted by Crippen LogP contribution is -2.27. The first-order valence-electron chi connectivity index (χ1n) is 9.60. The van der Waals surface area contributed by atoms with Crippen LogP contribution < -0.4 is 10.9 Å². The van der Waals surface area contributed by atoms with E-state index in [1.807, 2.05) is 12.1 Å². The third kappa shape index (κ3) is 4.49. The van der Waals surface area contributed by atoms with Gasteiger partial charge in [0, 0.05) is 29.3 Å². The Balaban J connectivity index is 1.44. The number of non-ortho nitro benzene ring substituents is 1. The number of hydrogen-bond acceptors (Lipinski definition) is 6. The van der Waals surface area contributed by atoms with Gasteiger partial charge >= 0.3 is 0 Å². The van der Waals surface area contributed by atoms with Crippen LogP contribution in [0.15, 0.2) is 65.8 Å². The molecule has 2 aromatic heterocycles. The van der Waals surface area contributed by atoms with Crippen LogP contribution >= 0.6 is 11.6 Å². The van der Waals surface area contributed by atoms with Crippen molar-refractivity contribution in [2.45, 2.75) is 13.1 Å². The highest BCUT2D eigenvalue weighted by Crippen LogP contribution is 2.13. The number of benzene rings is 2. The van der Waals surface area contributed by atoms with Gasteiger partial charge in [0.05, 0.1) is 24.2 Å². The number of nitro groups is 1. The minimum atomic E-state index is -0.557. The van der Waals surface area contributed by atoms with Crippen LogP contribution in [0, 0.1) is 10.1 Å². The summed E-state index contributed by atoms with van der Waals surface area (Å²) < 4.78 is 3.01. The molecular formula is C21H17ClN6O4. The summed E-state index contributed by atoms with van der Waals surface area (Å²) in [7, 11) is 0. The first-order valence-corrected chi connectivity index (χ1v) is 9.98. The Labute approximate surface area is 186 Å². The van der Waals surface area contributed by atoms with Crippen molar-refractivity contribution < 1.29 is 9.72 Å². The van der Waals surface area contributed by atoms with Crippen LogP contribution in [0.1, 0.15) is 15.9 Å². The Hall–Kier alpha value is -4.05. The van der Waals surface area contributed by atoms with Crippen molar-refractivity contribution in [2.24, 2.45) is 0 Å². The van der Waals surface area contributed by atoms with Gasteiger partial charge in [-0.2, -0.15) is 5.10 Å². The summed E-state index contributed by atoms with van der Waals surface area (Å²) in [5, 5.41) is 18.7. The van der Waals surface area contributed by atoms with E-state index in [0.29, 0.717) is 22.6 Å². The lowest BCUT2D eigenvalue weighted by molar-refractivity contribution is -0.384. The van der Waals surface area contributed by atoms with Crippen LogP contribution in [0.25, 0.3) is 11.0 Å². The molecule has 2 heterocycles. The van der Waals surface area contributed by atoms with Gasteiger partial charge in [-0.1, -0.05) is 29.8 Å². The van der Waals surface area contributed by atoms with Crippen LogP contribution in [0.2, 0.25) is 5.02 Å². The second-order valence-corrected chi connectivity index (χ2v) is 7.41. The number of aromatic nitrogens is 4. The predicted molar refractivity (Wildman–Crippen MR) is 118 cm³/mol. The number of carbonyl (C=O) groups is 1. The molecule has 4 rings (SSSR count). The molecule has 11 heteroatoms. The Kier molecular flexibility index (Phi) is 5.95. The van der Waals surface area contributed by atoms with E-state index in [1.165, 1.54) is 46.0 Å². The molecule has 0 spiro atoms. The number of nitrogens with one attached hydrogen (secondary N) is 1. The van der Waals surface area contributed by atoms with Crippen molar-refractivity contribution in [1.29, 1.82) is 0 Å². The van der Waals surface area contributed by atoms with E-state index in [1.54, 1.807) is 12.1 Å². The molecule has 10 nitrogen and oxygen atoms in total. The Bertz CT molecular complexity index is 1360. The topological polar surface area (TPSA) is 125 Å². The van der Waals surface area contributed by atoms with E-state index in [9.17, 15) is 19.7 Å². The maximum absolute atomic E-state index is 12.8. The fourth-order valence-corrected chi connectivity index (χ4v) is 3.32.